The maximum Gasteiger partial charge on any atom is 0.225 e. The number of aromatic nitrogens is 3. The molecule has 0 aliphatic heterocycles. The number of rotatable bonds is 5. The molecule has 1 heterocycles. The van der Waals surface area contributed by atoms with Crippen molar-refractivity contribution in [3.8, 4) is 5.69 Å². The number of para-hydroxylation sites is 1. The summed E-state index contributed by atoms with van der Waals surface area (Å²) >= 11 is 6.17. The summed E-state index contributed by atoms with van der Waals surface area (Å²) in [5.41, 5.74) is 6.94. The number of hydrogen-bond donors (Lipinski definition) is 2. The molecule has 0 saturated carbocycles. The van der Waals surface area contributed by atoms with Crippen molar-refractivity contribution in [3.05, 3.63) is 35.9 Å². The minimum Gasteiger partial charge on any atom is -0.327 e. The molecule has 20 heavy (non-hydrogen) atoms. The molecule has 106 valence electrons. The highest BCUT2D eigenvalue weighted by Gasteiger charge is 2.14. The number of carbonyl (C=O) groups excluding carboxylic acids is 1. The quantitative estimate of drug-likeness (QED) is 0.882. The molecule has 1 atom stereocenters. The summed E-state index contributed by atoms with van der Waals surface area (Å²) in [5, 5.41) is 7.33. The van der Waals surface area contributed by atoms with Crippen LogP contribution in [-0.2, 0) is 4.79 Å². The molecule has 1 amide bonds. The predicted molar refractivity (Wildman–Crippen MR) is 77.9 cm³/mol. The van der Waals surface area contributed by atoms with Crippen LogP contribution in [0.25, 0.3) is 5.69 Å². The minimum absolute atomic E-state index is 0.149. The Balaban J connectivity index is 2.24. The Kier molecular flexibility index (Phi) is 4.70. The standard InChI is InChI=1S/C13H16ClN5O/c1-2-9(15)6-12(20)18-11-5-3-4-10(14)13(11)19-8-16-7-17-19/h3-5,7-9H,2,6,15H2,1H3,(H,18,20). The van der Waals surface area contributed by atoms with E-state index in [1.54, 1.807) is 18.2 Å². The molecule has 0 radical (unpaired) electrons. The van der Waals surface area contributed by atoms with E-state index >= 15 is 0 Å². The molecule has 2 aromatic rings. The van der Waals surface area contributed by atoms with Crippen LogP contribution in [0.5, 0.6) is 0 Å². The highest BCUT2D eigenvalue weighted by molar-refractivity contribution is 6.33. The summed E-state index contributed by atoms with van der Waals surface area (Å²) in [6.07, 6.45) is 3.94. The van der Waals surface area contributed by atoms with Crippen LogP contribution in [0.1, 0.15) is 19.8 Å². The minimum atomic E-state index is -0.150. The van der Waals surface area contributed by atoms with Crippen LogP contribution in [0.2, 0.25) is 5.02 Å². The number of hydrogen-bond acceptors (Lipinski definition) is 4. The molecular weight excluding hydrogens is 278 g/mol. The molecule has 0 spiro atoms. The molecule has 0 bridgehead atoms. The van der Waals surface area contributed by atoms with E-state index in [1.165, 1.54) is 17.3 Å². The third-order valence-electron chi connectivity index (χ3n) is 2.88. The van der Waals surface area contributed by atoms with Crippen LogP contribution in [0.4, 0.5) is 5.69 Å². The fraction of sp³-hybridized carbons (Fsp3) is 0.308. The first-order chi connectivity index (χ1) is 9.61. The van der Waals surface area contributed by atoms with Gasteiger partial charge in [0.2, 0.25) is 5.91 Å². The van der Waals surface area contributed by atoms with Crippen molar-refractivity contribution in [2.45, 2.75) is 25.8 Å². The van der Waals surface area contributed by atoms with E-state index in [2.05, 4.69) is 15.4 Å². The Hall–Kier alpha value is -1.92. The van der Waals surface area contributed by atoms with Gasteiger partial charge in [0.15, 0.2) is 0 Å². The Morgan fingerprint density at radius 2 is 2.35 bits per heavy atom. The zero-order chi connectivity index (χ0) is 14.5. The Bertz CT molecular complexity index is 584. The van der Waals surface area contributed by atoms with Crippen LogP contribution in [-0.4, -0.2) is 26.7 Å². The van der Waals surface area contributed by atoms with Gasteiger partial charge in [-0.3, -0.25) is 4.79 Å². The van der Waals surface area contributed by atoms with E-state index in [0.717, 1.165) is 6.42 Å². The van der Waals surface area contributed by atoms with Gasteiger partial charge in [0.1, 0.15) is 18.3 Å². The fourth-order valence-corrected chi connectivity index (χ4v) is 2.02. The van der Waals surface area contributed by atoms with Gasteiger partial charge in [0.05, 0.1) is 10.7 Å². The first-order valence-electron chi connectivity index (χ1n) is 6.30. The summed E-state index contributed by atoms with van der Waals surface area (Å²) in [5.74, 6) is -0.150. The predicted octanol–water partition coefficient (Wildman–Crippen LogP) is 1.99. The Labute approximate surface area is 121 Å². The summed E-state index contributed by atoms with van der Waals surface area (Å²) in [6, 6.07) is 5.10. The van der Waals surface area contributed by atoms with E-state index in [1.807, 2.05) is 6.92 Å². The highest BCUT2D eigenvalue weighted by Crippen LogP contribution is 2.27. The van der Waals surface area contributed by atoms with E-state index in [9.17, 15) is 4.79 Å². The fourth-order valence-electron chi connectivity index (χ4n) is 1.76. The number of halogens is 1. The summed E-state index contributed by atoms with van der Waals surface area (Å²) < 4.78 is 1.51. The molecule has 6 nitrogen and oxygen atoms in total. The highest BCUT2D eigenvalue weighted by atomic mass is 35.5. The first kappa shape index (κ1) is 14.5. The largest absolute Gasteiger partial charge is 0.327 e. The molecule has 7 heteroatoms. The van der Waals surface area contributed by atoms with Crippen LogP contribution in [0.3, 0.4) is 0 Å². The van der Waals surface area contributed by atoms with E-state index in [0.29, 0.717) is 16.4 Å². The smallest absolute Gasteiger partial charge is 0.225 e. The van der Waals surface area contributed by atoms with Crippen molar-refractivity contribution < 1.29 is 4.79 Å². The average molecular weight is 294 g/mol. The van der Waals surface area contributed by atoms with Gasteiger partial charge in [-0.15, -0.1) is 0 Å². The molecule has 0 aliphatic carbocycles. The Morgan fingerprint density at radius 3 is 3.00 bits per heavy atom. The SMILES string of the molecule is CCC(N)CC(=O)Nc1cccc(Cl)c1-n1cncn1. The molecule has 3 N–H and O–H groups in total. The van der Waals surface area contributed by atoms with Gasteiger partial charge in [-0.25, -0.2) is 9.67 Å². The van der Waals surface area contributed by atoms with Gasteiger partial charge in [-0.05, 0) is 18.6 Å². The normalized spacial score (nSPS) is 12.2. The maximum absolute atomic E-state index is 11.9. The number of nitrogens with two attached hydrogens (primary N) is 1. The zero-order valence-electron chi connectivity index (χ0n) is 11.1. The Morgan fingerprint density at radius 1 is 1.55 bits per heavy atom. The summed E-state index contributed by atoms with van der Waals surface area (Å²) in [7, 11) is 0. The van der Waals surface area contributed by atoms with Gasteiger partial charge >= 0.3 is 0 Å². The lowest BCUT2D eigenvalue weighted by Crippen LogP contribution is -2.26. The number of amides is 1. The molecular formula is C13H16ClN5O. The number of anilines is 1. The van der Waals surface area contributed by atoms with Crippen molar-refractivity contribution in [2.24, 2.45) is 5.73 Å². The number of carbonyl (C=O) groups is 1. The molecule has 0 saturated heterocycles. The summed E-state index contributed by atoms with van der Waals surface area (Å²) in [6.45, 7) is 1.94. The second-order valence-corrected chi connectivity index (χ2v) is 4.80. The number of benzene rings is 1. The van der Waals surface area contributed by atoms with Crippen molar-refractivity contribution >= 4 is 23.2 Å². The zero-order valence-corrected chi connectivity index (χ0v) is 11.8. The van der Waals surface area contributed by atoms with E-state index in [-0.39, 0.29) is 18.4 Å². The van der Waals surface area contributed by atoms with E-state index < -0.39 is 0 Å². The second kappa shape index (κ2) is 6.49. The van der Waals surface area contributed by atoms with Crippen molar-refractivity contribution in [1.29, 1.82) is 0 Å². The van der Waals surface area contributed by atoms with Gasteiger partial charge < -0.3 is 11.1 Å². The lowest BCUT2D eigenvalue weighted by atomic mass is 10.1. The molecule has 1 unspecified atom stereocenters. The lowest BCUT2D eigenvalue weighted by molar-refractivity contribution is -0.116. The van der Waals surface area contributed by atoms with Crippen molar-refractivity contribution in [2.75, 3.05) is 5.32 Å². The molecule has 0 fully saturated rings. The third-order valence-corrected chi connectivity index (χ3v) is 3.19. The van der Waals surface area contributed by atoms with Crippen molar-refractivity contribution in [3.63, 3.8) is 0 Å². The third kappa shape index (κ3) is 3.34. The average Bonchev–Trinajstić information content (AvgIpc) is 2.92. The maximum atomic E-state index is 11.9. The van der Waals surface area contributed by atoms with Crippen LogP contribution in [0, 0.1) is 0 Å². The van der Waals surface area contributed by atoms with Crippen LogP contribution >= 0.6 is 11.6 Å². The van der Waals surface area contributed by atoms with Gasteiger partial charge in [0.25, 0.3) is 0 Å². The molecule has 0 aliphatic rings. The van der Waals surface area contributed by atoms with Gasteiger partial charge in [0, 0.05) is 12.5 Å². The van der Waals surface area contributed by atoms with Crippen LogP contribution < -0.4 is 11.1 Å². The monoisotopic (exact) mass is 293 g/mol. The topological polar surface area (TPSA) is 85.8 Å². The molecule has 1 aromatic carbocycles. The molecule has 1 aromatic heterocycles. The van der Waals surface area contributed by atoms with Gasteiger partial charge in [-0.1, -0.05) is 24.6 Å². The number of nitrogens with zero attached hydrogens (tertiary/aromatic N) is 3. The first-order valence-corrected chi connectivity index (χ1v) is 6.68. The van der Waals surface area contributed by atoms with Crippen molar-refractivity contribution in [1.82, 2.24) is 14.8 Å². The number of nitrogens with one attached hydrogen (secondary N) is 1. The molecule has 2 rings (SSSR count). The van der Waals surface area contributed by atoms with Gasteiger partial charge in [-0.2, -0.15) is 5.10 Å². The second-order valence-electron chi connectivity index (χ2n) is 4.40. The van der Waals surface area contributed by atoms with E-state index in [4.69, 9.17) is 17.3 Å². The summed E-state index contributed by atoms with van der Waals surface area (Å²) in [4.78, 5) is 15.8. The van der Waals surface area contributed by atoms with Crippen LogP contribution in [0.15, 0.2) is 30.9 Å². The lowest BCUT2D eigenvalue weighted by Gasteiger charge is -2.13.